The molecule has 0 N–H and O–H groups in total. The molecular weight excluding hydrogens is 280 g/mol. The van der Waals surface area contributed by atoms with Crippen molar-refractivity contribution in [1.29, 1.82) is 0 Å². The van der Waals surface area contributed by atoms with Crippen LogP contribution in [0.4, 0.5) is 0 Å². The summed E-state index contributed by atoms with van der Waals surface area (Å²) in [6.45, 7) is 12.6. The van der Waals surface area contributed by atoms with E-state index in [4.69, 9.17) is 4.74 Å². The first-order valence-corrected chi connectivity index (χ1v) is 10.6. The lowest BCUT2D eigenvalue weighted by Gasteiger charge is -2.20. The SMILES string of the molecule is CCCCCCCC(CCCCC(C)(C)C)OCCCCCC. The summed E-state index contributed by atoms with van der Waals surface area (Å²) in [4.78, 5) is 0. The molecule has 0 amide bonds. The van der Waals surface area contributed by atoms with Crippen LogP contribution in [0.3, 0.4) is 0 Å². The molecular formula is C22H46O. The highest BCUT2D eigenvalue weighted by molar-refractivity contribution is 4.64. The van der Waals surface area contributed by atoms with Crippen LogP contribution in [0.5, 0.6) is 0 Å². The molecule has 1 heteroatoms. The van der Waals surface area contributed by atoms with Gasteiger partial charge in [-0.1, -0.05) is 98.8 Å². The van der Waals surface area contributed by atoms with Crippen molar-refractivity contribution in [3.05, 3.63) is 0 Å². The van der Waals surface area contributed by atoms with Gasteiger partial charge in [-0.2, -0.15) is 0 Å². The maximum atomic E-state index is 6.23. The summed E-state index contributed by atoms with van der Waals surface area (Å²) in [5.74, 6) is 0. The van der Waals surface area contributed by atoms with Gasteiger partial charge in [0.15, 0.2) is 0 Å². The highest BCUT2D eigenvalue weighted by atomic mass is 16.5. The second-order valence-electron chi connectivity index (χ2n) is 8.56. The summed E-state index contributed by atoms with van der Waals surface area (Å²) < 4.78 is 6.23. The van der Waals surface area contributed by atoms with Gasteiger partial charge in [0.1, 0.15) is 0 Å². The summed E-state index contributed by atoms with van der Waals surface area (Å²) in [7, 11) is 0. The van der Waals surface area contributed by atoms with Crippen LogP contribution in [-0.4, -0.2) is 12.7 Å². The van der Waals surface area contributed by atoms with E-state index in [2.05, 4.69) is 34.6 Å². The van der Waals surface area contributed by atoms with Crippen LogP contribution < -0.4 is 0 Å². The van der Waals surface area contributed by atoms with E-state index >= 15 is 0 Å². The minimum atomic E-state index is 0.483. The molecule has 0 aromatic carbocycles. The van der Waals surface area contributed by atoms with E-state index in [1.165, 1.54) is 89.9 Å². The molecule has 23 heavy (non-hydrogen) atoms. The van der Waals surface area contributed by atoms with E-state index in [1.54, 1.807) is 0 Å². The Kier molecular flexibility index (Phi) is 15.5. The van der Waals surface area contributed by atoms with Gasteiger partial charge in [0.2, 0.25) is 0 Å². The standard InChI is InChI=1S/C22H46O/c1-6-8-10-12-13-17-21(23-20-16-11-9-7-2)18-14-15-19-22(3,4)5/h21H,6-20H2,1-5H3. The van der Waals surface area contributed by atoms with Gasteiger partial charge < -0.3 is 4.74 Å². The first kappa shape index (κ1) is 23.0. The predicted octanol–water partition coefficient (Wildman–Crippen LogP) is 7.92. The Morgan fingerprint density at radius 3 is 1.74 bits per heavy atom. The van der Waals surface area contributed by atoms with Crippen molar-refractivity contribution in [1.82, 2.24) is 0 Å². The minimum Gasteiger partial charge on any atom is -0.378 e. The van der Waals surface area contributed by atoms with Crippen LogP contribution in [-0.2, 0) is 4.74 Å². The van der Waals surface area contributed by atoms with Crippen LogP contribution in [0.1, 0.15) is 125 Å². The number of hydrogen-bond donors (Lipinski definition) is 0. The van der Waals surface area contributed by atoms with Gasteiger partial charge in [-0.3, -0.25) is 0 Å². The third-order valence-electron chi connectivity index (χ3n) is 4.68. The Morgan fingerprint density at radius 2 is 1.17 bits per heavy atom. The van der Waals surface area contributed by atoms with Crippen molar-refractivity contribution in [3.63, 3.8) is 0 Å². The fourth-order valence-corrected chi connectivity index (χ4v) is 3.09. The third kappa shape index (κ3) is 18.1. The van der Waals surface area contributed by atoms with Crippen LogP contribution >= 0.6 is 0 Å². The number of unbranched alkanes of at least 4 members (excludes halogenated alkanes) is 8. The molecule has 0 saturated carbocycles. The number of rotatable bonds is 16. The van der Waals surface area contributed by atoms with E-state index in [1.807, 2.05) is 0 Å². The molecule has 0 bridgehead atoms. The van der Waals surface area contributed by atoms with E-state index in [9.17, 15) is 0 Å². The van der Waals surface area contributed by atoms with Crippen molar-refractivity contribution in [2.75, 3.05) is 6.61 Å². The Morgan fingerprint density at radius 1 is 0.652 bits per heavy atom. The molecule has 0 aliphatic carbocycles. The average Bonchev–Trinajstić information content (AvgIpc) is 2.49. The van der Waals surface area contributed by atoms with Crippen molar-refractivity contribution in [2.45, 2.75) is 131 Å². The van der Waals surface area contributed by atoms with Gasteiger partial charge in [-0.05, 0) is 31.1 Å². The smallest absolute Gasteiger partial charge is 0.0575 e. The fraction of sp³-hybridized carbons (Fsp3) is 1.00. The normalized spacial score (nSPS) is 13.4. The topological polar surface area (TPSA) is 9.23 Å². The van der Waals surface area contributed by atoms with Crippen LogP contribution in [0.25, 0.3) is 0 Å². The molecule has 0 heterocycles. The van der Waals surface area contributed by atoms with Gasteiger partial charge in [-0.15, -0.1) is 0 Å². The quantitative estimate of drug-likeness (QED) is 0.262. The molecule has 0 spiro atoms. The van der Waals surface area contributed by atoms with Gasteiger partial charge in [0.05, 0.1) is 6.10 Å². The summed E-state index contributed by atoms with van der Waals surface area (Å²) in [5.41, 5.74) is 0.483. The van der Waals surface area contributed by atoms with Crippen molar-refractivity contribution in [3.8, 4) is 0 Å². The number of hydrogen-bond acceptors (Lipinski definition) is 1. The highest BCUT2D eigenvalue weighted by Gasteiger charge is 2.12. The third-order valence-corrected chi connectivity index (χ3v) is 4.68. The molecule has 1 atom stereocenters. The van der Waals surface area contributed by atoms with Crippen LogP contribution in [0.15, 0.2) is 0 Å². The highest BCUT2D eigenvalue weighted by Crippen LogP contribution is 2.23. The lowest BCUT2D eigenvalue weighted by atomic mass is 9.89. The second kappa shape index (κ2) is 15.5. The summed E-state index contributed by atoms with van der Waals surface area (Å²) in [6, 6.07) is 0. The molecule has 140 valence electrons. The van der Waals surface area contributed by atoms with Gasteiger partial charge in [0.25, 0.3) is 0 Å². The zero-order chi connectivity index (χ0) is 17.4. The van der Waals surface area contributed by atoms with Crippen molar-refractivity contribution in [2.24, 2.45) is 5.41 Å². The summed E-state index contributed by atoms with van der Waals surface area (Å²) in [5, 5.41) is 0. The molecule has 0 aliphatic rings. The Labute approximate surface area is 148 Å². The Hall–Kier alpha value is -0.0400. The average molecular weight is 327 g/mol. The van der Waals surface area contributed by atoms with Gasteiger partial charge in [-0.25, -0.2) is 0 Å². The fourth-order valence-electron chi connectivity index (χ4n) is 3.09. The lowest BCUT2D eigenvalue weighted by Crippen LogP contribution is -2.14. The molecule has 0 fully saturated rings. The van der Waals surface area contributed by atoms with E-state index in [0.29, 0.717) is 11.5 Å². The first-order valence-electron chi connectivity index (χ1n) is 10.6. The number of ether oxygens (including phenoxy) is 1. The largest absolute Gasteiger partial charge is 0.378 e. The maximum Gasteiger partial charge on any atom is 0.0575 e. The predicted molar refractivity (Wildman–Crippen MR) is 105 cm³/mol. The molecule has 0 saturated heterocycles. The van der Waals surface area contributed by atoms with Gasteiger partial charge >= 0.3 is 0 Å². The monoisotopic (exact) mass is 326 g/mol. The van der Waals surface area contributed by atoms with Gasteiger partial charge in [0, 0.05) is 6.61 Å². The Balaban J connectivity index is 3.86. The van der Waals surface area contributed by atoms with Crippen LogP contribution in [0.2, 0.25) is 0 Å². The first-order chi connectivity index (χ1) is 11.0. The molecule has 1 nitrogen and oxygen atoms in total. The molecule has 1 unspecified atom stereocenters. The summed E-state index contributed by atoms with van der Waals surface area (Å²) >= 11 is 0. The zero-order valence-corrected chi connectivity index (χ0v) is 17.1. The van der Waals surface area contributed by atoms with E-state index in [0.717, 1.165) is 6.61 Å². The second-order valence-corrected chi connectivity index (χ2v) is 8.56. The van der Waals surface area contributed by atoms with E-state index in [-0.39, 0.29) is 0 Å². The van der Waals surface area contributed by atoms with Crippen LogP contribution in [0, 0.1) is 5.41 Å². The Bertz CT molecular complexity index is 215. The van der Waals surface area contributed by atoms with Crippen molar-refractivity contribution >= 4 is 0 Å². The maximum absolute atomic E-state index is 6.23. The minimum absolute atomic E-state index is 0.483. The molecule has 0 radical (unpaired) electrons. The molecule has 0 aromatic rings. The zero-order valence-electron chi connectivity index (χ0n) is 17.1. The molecule has 0 rings (SSSR count). The lowest BCUT2D eigenvalue weighted by molar-refractivity contribution is 0.0353. The van der Waals surface area contributed by atoms with E-state index < -0.39 is 0 Å². The van der Waals surface area contributed by atoms with Crippen molar-refractivity contribution < 1.29 is 4.74 Å². The molecule has 0 aromatic heterocycles. The summed E-state index contributed by atoms with van der Waals surface area (Å²) in [6.07, 6.45) is 19.3. The molecule has 0 aliphatic heterocycles.